The first kappa shape index (κ1) is 17.6. The molecular formula is C21H22ClN5. The third kappa shape index (κ3) is 4.31. The van der Waals surface area contributed by atoms with Crippen LogP contribution in [0.3, 0.4) is 0 Å². The number of aromatic nitrogens is 2. The Morgan fingerprint density at radius 1 is 0.852 bits per heavy atom. The van der Waals surface area contributed by atoms with Gasteiger partial charge in [0.05, 0.1) is 0 Å². The van der Waals surface area contributed by atoms with Crippen LogP contribution in [-0.2, 0) is 0 Å². The largest absolute Gasteiger partial charge is 0.368 e. The van der Waals surface area contributed by atoms with E-state index in [1.807, 2.05) is 37.3 Å². The van der Waals surface area contributed by atoms with Crippen LogP contribution in [0.15, 0.2) is 60.7 Å². The fraction of sp³-hybridized carbons (Fsp3) is 0.238. The van der Waals surface area contributed by atoms with Crippen LogP contribution in [0, 0.1) is 6.92 Å². The van der Waals surface area contributed by atoms with Gasteiger partial charge in [0.25, 0.3) is 0 Å². The van der Waals surface area contributed by atoms with E-state index < -0.39 is 0 Å². The second-order valence-corrected chi connectivity index (χ2v) is 7.04. The van der Waals surface area contributed by atoms with Crippen LogP contribution in [-0.4, -0.2) is 36.1 Å². The van der Waals surface area contributed by atoms with Gasteiger partial charge in [0.1, 0.15) is 17.5 Å². The summed E-state index contributed by atoms with van der Waals surface area (Å²) in [5.41, 5.74) is 2.19. The highest BCUT2D eigenvalue weighted by Crippen LogP contribution is 2.24. The predicted molar refractivity (Wildman–Crippen MR) is 112 cm³/mol. The molecule has 6 heteroatoms. The molecule has 27 heavy (non-hydrogen) atoms. The van der Waals surface area contributed by atoms with Gasteiger partial charge in [-0.2, -0.15) is 0 Å². The minimum Gasteiger partial charge on any atom is -0.368 e. The number of piperazine rings is 1. The van der Waals surface area contributed by atoms with E-state index >= 15 is 0 Å². The number of halogens is 1. The molecule has 3 aromatic rings. The number of hydrogen-bond donors (Lipinski definition) is 1. The van der Waals surface area contributed by atoms with Crippen molar-refractivity contribution in [2.45, 2.75) is 6.92 Å². The van der Waals surface area contributed by atoms with Gasteiger partial charge in [0, 0.05) is 48.6 Å². The van der Waals surface area contributed by atoms with E-state index in [4.69, 9.17) is 11.6 Å². The van der Waals surface area contributed by atoms with Crippen molar-refractivity contribution in [1.29, 1.82) is 0 Å². The molecule has 1 N–H and O–H groups in total. The first-order valence-corrected chi connectivity index (χ1v) is 9.48. The highest BCUT2D eigenvalue weighted by atomic mass is 35.5. The molecule has 0 unspecified atom stereocenters. The molecule has 4 rings (SSSR count). The van der Waals surface area contributed by atoms with Gasteiger partial charge < -0.3 is 15.1 Å². The normalized spacial score (nSPS) is 14.3. The first-order valence-electron chi connectivity index (χ1n) is 9.10. The average molecular weight is 380 g/mol. The zero-order valence-corrected chi connectivity index (χ0v) is 16.0. The molecule has 0 aliphatic carbocycles. The third-order valence-electron chi connectivity index (χ3n) is 4.65. The van der Waals surface area contributed by atoms with Gasteiger partial charge in [-0.25, -0.2) is 9.97 Å². The molecule has 138 valence electrons. The zero-order valence-electron chi connectivity index (χ0n) is 15.3. The number of aryl methyl sites for hydroxylation is 1. The average Bonchev–Trinajstić information content (AvgIpc) is 2.68. The van der Waals surface area contributed by atoms with Crippen molar-refractivity contribution in [3.05, 3.63) is 71.5 Å². The SMILES string of the molecule is Cc1nc(Nc2cccc(Cl)c2)cc(N2CCN(c3ccccc3)CC2)n1. The van der Waals surface area contributed by atoms with Gasteiger partial charge in [-0.05, 0) is 37.3 Å². The molecule has 1 aromatic heterocycles. The summed E-state index contributed by atoms with van der Waals surface area (Å²) in [7, 11) is 0. The number of rotatable bonds is 4. The van der Waals surface area contributed by atoms with E-state index in [-0.39, 0.29) is 0 Å². The number of nitrogens with zero attached hydrogens (tertiary/aromatic N) is 4. The minimum atomic E-state index is 0.697. The highest BCUT2D eigenvalue weighted by Gasteiger charge is 2.19. The molecule has 0 radical (unpaired) electrons. The number of benzene rings is 2. The summed E-state index contributed by atoms with van der Waals surface area (Å²) < 4.78 is 0. The summed E-state index contributed by atoms with van der Waals surface area (Å²) >= 11 is 6.07. The lowest BCUT2D eigenvalue weighted by Gasteiger charge is -2.36. The van der Waals surface area contributed by atoms with Crippen LogP contribution in [0.5, 0.6) is 0 Å². The summed E-state index contributed by atoms with van der Waals surface area (Å²) in [6, 6.07) is 20.2. The predicted octanol–water partition coefficient (Wildman–Crippen LogP) is 4.51. The first-order chi connectivity index (χ1) is 13.2. The second-order valence-electron chi connectivity index (χ2n) is 6.60. The standard InChI is InChI=1S/C21H22ClN5/c1-16-23-20(25-18-7-5-6-17(22)14-18)15-21(24-16)27-12-10-26(11-13-27)19-8-3-2-4-9-19/h2-9,14-15H,10-13H2,1H3,(H,23,24,25). The van der Waals surface area contributed by atoms with Crippen LogP contribution >= 0.6 is 11.6 Å². The van der Waals surface area contributed by atoms with E-state index in [0.29, 0.717) is 5.02 Å². The molecule has 1 aliphatic heterocycles. The molecule has 1 aliphatic rings. The Bertz CT molecular complexity index is 907. The molecule has 1 saturated heterocycles. The van der Waals surface area contributed by atoms with Crippen LogP contribution in [0.25, 0.3) is 0 Å². The number of nitrogens with one attached hydrogen (secondary N) is 1. The van der Waals surface area contributed by atoms with Crippen molar-refractivity contribution < 1.29 is 0 Å². The van der Waals surface area contributed by atoms with E-state index in [9.17, 15) is 0 Å². The Morgan fingerprint density at radius 2 is 1.59 bits per heavy atom. The number of hydrogen-bond acceptors (Lipinski definition) is 5. The maximum Gasteiger partial charge on any atom is 0.136 e. The van der Waals surface area contributed by atoms with Gasteiger partial charge >= 0.3 is 0 Å². The maximum atomic E-state index is 6.07. The van der Waals surface area contributed by atoms with E-state index in [0.717, 1.165) is 49.3 Å². The third-order valence-corrected chi connectivity index (χ3v) is 4.88. The minimum absolute atomic E-state index is 0.697. The van der Waals surface area contributed by atoms with Crippen molar-refractivity contribution in [3.8, 4) is 0 Å². The monoisotopic (exact) mass is 379 g/mol. The molecule has 0 bridgehead atoms. The van der Waals surface area contributed by atoms with E-state index in [1.54, 1.807) is 0 Å². The lowest BCUT2D eigenvalue weighted by Crippen LogP contribution is -2.46. The summed E-state index contributed by atoms with van der Waals surface area (Å²) in [5.74, 6) is 2.49. The van der Waals surface area contributed by atoms with Crippen molar-refractivity contribution >= 4 is 34.6 Å². The summed E-state index contributed by atoms with van der Waals surface area (Å²) in [4.78, 5) is 13.9. The molecule has 2 heterocycles. The smallest absolute Gasteiger partial charge is 0.136 e. The van der Waals surface area contributed by atoms with Crippen molar-refractivity contribution in [2.75, 3.05) is 41.3 Å². The van der Waals surface area contributed by atoms with Gasteiger partial charge in [-0.3, -0.25) is 0 Å². The molecule has 0 saturated carbocycles. The number of anilines is 4. The molecular weight excluding hydrogens is 358 g/mol. The van der Waals surface area contributed by atoms with Crippen molar-refractivity contribution in [3.63, 3.8) is 0 Å². The molecule has 5 nitrogen and oxygen atoms in total. The van der Waals surface area contributed by atoms with Crippen molar-refractivity contribution in [1.82, 2.24) is 9.97 Å². The van der Waals surface area contributed by atoms with Crippen LogP contribution in [0.4, 0.5) is 23.0 Å². The summed E-state index contributed by atoms with van der Waals surface area (Å²) in [5, 5.41) is 4.02. The Morgan fingerprint density at radius 3 is 2.33 bits per heavy atom. The van der Waals surface area contributed by atoms with Crippen LogP contribution in [0.1, 0.15) is 5.82 Å². The Balaban J connectivity index is 1.47. The van der Waals surface area contributed by atoms with Gasteiger partial charge in [-0.1, -0.05) is 35.9 Å². The lowest BCUT2D eigenvalue weighted by atomic mass is 10.2. The fourth-order valence-corrected chi connectivity index (χ4v) is 3.51. The molecule has 1 fully saturated rings. The van der Waals surface area contributed by atoms with E-state index in [1.165, 1.54) is 5.69 Å². The van der Waals surface area contributed by atoms with Gasteiger partial charge in [0.15, 0.2) is 0 Å². The summed E-state index contributed by atoms with van der Waals surface area (Å²) in [6.07, 6.45) is 0. The van der Waals surface area contributed by atoms with Crippen molar-refractivity contribution in [2.24, 2.45) is 0 Å². The molecule has 0 spiro atoms. The van der Waals surface area contributed by atoms with Crippen LogP contribution in [0.2, 0.25) is 5.02 Å². The molecule has 0 atom stereocenters. The fourth-order valence-electron chi connectivity index (χ4n) is 3.32. The molecule has 0 amide bonds. The zero-order chi connectivity index (χ0) is 18.6. The van der Waals surface area contributed by atoms with E-state index in [2.05, 4.69) is 55.4 Å². The molecule has 2 aromatic carbocycles. The maximum absolute atomic E-state index is 6.07. The van der Waals surface area contributed by atoms with Gasteiger partial charge in [0.2, 0.25) is 0 Å². The van der Waals surface area contributed by atoms with Gasteiger partial charge in [-0.15, -0.1) is 0 Å². The van der Waals surface area contributed by atoms with Crippen LogP contribution < -0.4 is 15.1 Å². The summed E-state index contributed by atoms with van der Waals surface area (Å²) in [6.45, 7) is 5.74. The topological polar surface area (TPSA) is 44.3 Å². The lowest BCUT2D eigenvalue weighted by molar-refractivity contribution is 0.646. The quantitative estimate of drug-likeness (QED) is 0.722. The Labute approximate surface area is 164 Å². The number of para-hydroxylation sites is 1. The Hall–Kier alpha value is -2.79. The Kier molecular flexibility index (Phi) is 5.12. The highest BCUT2D eigenvalue weighted by molar-refractivity contribution is 6.30. The second kappa shape index (κ2) is 7.84.